The summed E-state index contributed by atoms with van der Waals surface area (Å²) in [5, 5.41) is 20.9. The second kappa shape index (κ2) is 5.65. The SMILES string of the molecule is Oc1cccc(Cl)c1CNCCn1ccnn1. The topological polar surface area (TPSA) is 63.0 Å². The van der Waals surface area contributed by atoms with Gasteiger partial charge in [-0.1, -0.05) is 22.9 Å². The lowest BCUT2D eigenvalue weighted by molar-refractivity contribution is 0.462. The molecule has 90 valence electrons. The van der Waals surface area contributed by atoms with Crippen LogP contribution in [0.3, 0.4) is 0 Å². The molecule has 5 nitrogen and oxygen atoms in total. The summed E-state index contributed by atoms with van der Waals surface area (Å²) in [4.78, 5) is 0. The number of halogens is 1. The third-order valence-electron chi connectivity index (χ3n) is 2.39. The number of aromatic nitrogens is 3. The Morgan fingerprint density at radius 1 is 1.41 bits per heavy atom. The molecule has 0 atom stereocenters. The van der Waals surface area contributed by atoms with Gasteiger partial charge in [-0.15, -0.1) is 5.10 Å². The molecule has 0 fully saturated rings. The second-order valence-electron chi connectivity index (χ2n) is 3.58. The van der Waals surface area contributed by atoms with Crippen molar-refractivity contribution in [3.63, 3.8) is 0 Å². The van der Waals surface area contributed by atoms with Crippen LogP contribution in [0.4, 0.5) is 0 Å². The smallest absolute Gasteiger partial charge is 0.121 e. The van der Waals surface area contributed by atoms with Gasteiger partial charge in [-0.3, -0.25) is 4.68 Å². The summed E-state index contributed by atoms with van der Waals surface area (Å²) in [6.07, 6.45) is 3.44. The number of nitrogens with zero attached hydrogens (tertiary/aromatic N) is 3. The van der Waals surface area contributed by atoms with Crippen LogP contribution in [0.25, 0.3) is 0 Å². The summed E-state index contributed by atoms with van der Waals surface area (Å²) in [6, 6.07) is 5.10. The first-order valence-electron chi connectivity index (χ1n) is 5.28. The Balaban J connectivity index is 1.82. The molecule has 2 rings (SSSR count). The second-order valence-corrected chi connectivity index (χ2v) is 3.99. The van der Waals surface area contributed by atoms with E-state index in [1.54, 1.807) is 35.3 Å². The van der Waals surface area contributed by atoms with Crippen LogP contribution in [0.1, 0.15) is 5.56 Å². The van der Waals surface area contributed by atoms with E-state index in [0.717, 1.165) is 13.1 Å². The van der Waals surface area contributed by atoms with Gasteiger partial charge in [0, 0.05) is 29.9 Å². The van der Waals surface area contributed by atoms with Gasteiger partial charge in [-0.2, -0.15) is 0 Å². The first kappa shape index (κ1) is 11.9. The maximum Gasteiger partial charge on any atom is 0.121 e. The van der Waals surface area contributed by atoms with Crippen molar-refractivity contribution in [3.05, 3.63) is 41.2 Å². The fourth-order valence-corrected chi connectivity index (χ4v) is 1.72. The molecule has 1 aromatic carbocycles. The van der Waals surface area contributed by atoms with Gasteiger partial charge in [0.05, 0.1) is 12.7 Å². The molecule has 1 aromatic heterocycles. The van der Waals surface area contributed by atoms with Crippen molar-refractivity contribution < 1.29 is 5.11 Å². The number of hydrogen-bond donors (Lipinski definition) is 2. The zero-order valence-electron chi connectivity index (χ0n) is 9.17. The molecule has 0 amide bonds. The van der Waals surface area contributed by atoms with E-state index in [1.807, 2.05) is 0 Å². The zero-order chi connectivity index (χ0) is 12.1. The number of nitrogens with one attached hydrogen (secondary N) is 1. The molecule has 1 heterocycles. The molecule has 6 heteroatoms. The Labute approximate surface area is 104 Å². The lowest BCUT2D eigenvalue weighted by Gasteiger charge is -2.08. The van der Waals surface area contributed by atoms with E-state index < -0.39 is 0 Å². The minimum absolute atomic E-state index is 0.214. The molecule has 0 saturated carbocycles. The standard InChI is InChI=1S/C11H13ClN4O/c12-10-2-1-3-11(17)9(10)8-13-4-6-16-7-5-14-15-16/h1-3,5,7,13,17H,4,6,8H2. The summed E-state index contributed by atoms with van der Waals surface area (Å²) in [5.74, 6) is 0.214. The number of aromatic hydroxyl groups is 1. The third kappa shape index (κ3) is 3.18. The van der Waals surface area contributed by atoms with Gasteiger partial charge in [0.15, 0.2) is 0 Å². The highest BCUT2D eigenvalue weighted by Crippen LogP contribution is 2.24. The quantitative estimate of drug-likeness (QED) is 0.791. The highest BCUT2D eigenvalue weighted by molar-refractivity contribution is 6.31. The fraction of sp³-hybridized carbons (Fsp3) is 0.273. The van der Waals surface area contributed by atoms with Crippen LogP contribution in [0.15, 0.2) is 30.6 Å². The van der Waals surface area contributed by atoms with Gasteiger partial charge in [0.1, 0.15) is 5.75 Å². The van der Waals surface area contributed by atoms with Gasteiger partial charge >= 0.3 is 0 Å². The summed E-state index contributed by atoms with van der Waals surface area (Å²) in [7, 11) is 0. The van der Waals surface area contributed by atoms with Crippen molar-refractivity contribution in [2.75, 3.05) is 6.54 Å². The Kier molecular flexibility index (Phi) is 3.95. The molecule has 0 saturated heterocycles. The fourth-order valence-electron chi connectivity index (χ4n) is 1.48. The summed E-state index contributed by atoms with van der Waals surface area (Å²) in [6.45, 7) is 1.99. The third-order valence-corrected chi connectivity index (χ3v) is 2.74. The summed E-state index contributed by atoms with van der Waals surface area (Å²) < 4.78 is 1.74. The van der Waals surface area contributed by atoms with Crippen LogP contribution in [-0.4, -0.2) is 26.6 Å². The highest BCUT2D eigenvalue weighted by atomic mass is 35.5. The average molecular weight is 253 g/mol. The first-order chi connectivity index (χ1) is 8.27. The number of hydrogen-bond acceptors (Lipinski definition) is 4. The van der Waals surface area contributed by atoms with E-state index in [0.29, 0.717) is 17.1 Å². The molecule has 0 bridgehead atoms. The van der Waals surface area contributed by atoms with E-state index in [-0.39, 0.29) is 5.75 Å². The monoisotopic (exact) mass is 252 g/mol. The minimum Gasteiger partial charge on any atom is -0.508 e. The summed E-state index contributed by atoms with van der Waals surface area (Å²) in [5.41, 5.74) is 0.716. The average Bonchev–Trinajstić information content (AvgIpc) is 2.80. The molecule has 0 unspecified atom stereocenters. The van der Waals surface area contributed by atoms with Gasteiger partial charge in [-0.25, -0.2) is 0 Å². The largest absolute Gasteiger partial charge is 0.508 e. The predicted molar refractivity (Wildman–Crippen MR) is 64.8 cm³/mol. The normalized spacial score (nSPS) is 10.6. The van der Waals surface area contributed by atoms with Crippen molar-refractivity contribution in [1.29, 1.82) is 0 Å². The van der Waals surface area contributed by atoms with Crippen LogP contribution in [0.5, 0.6) is 5.75 Å². The Morgan fingerprint density at radius 3 is 3.00 bits per heavy atom. The molecule has 0 radical (unpaired) electrons. The van der Waals surface area contributed by atoms with E-state index >= 15 is 0 Å². The molecule has 0 aliphatic carbocycles. The molecule has 2 N–H and O–H groups in total. The van der Waals surface area contributed by atoms with Crippen LogP contribution in [-0.2, 0) is 13.1 Å². The maximum atomic E-state index is 9.62. The van der Waals surface area contributed by atoms with Crippen LogP contribution >= 0.6 is 11.6 Å². The molecule has 17 heavy (non-hydrogen) atoms. The van der Waals surface area contributed by atoms with E-state index in [4.69, 9.17) is 11.6 Å². The number of rotatable bonds is 5. The molecule has 2 aromatic rings. The molecular weight excluding hydrogens is 240 g/mol. The van der Waals surface area contributed by atoms with E-state index in [1.165, 1.54) is 0 Å². The van der Waals surface area contributed by atoms with Gasteiger partial charge < -0.3 is 10.4 Å². The van der Waals surface area contributed by atoms with Crippen molar-refractivity contribution in [3.8, 4) is 5.75 Å². The maximum absolute atomic E-state index is 9.62. The number of benzene rings is 1. The number of phenols is 1. The van der Waals surface area contributed by atoms with Crippen molar-refractivity contribution >= 4 is 11.6 Å². The van der Waals surface area contributed by atoms with Crippen LogP contribution in [0.2, 0.25) is 5.02 Å². The van der Waals surface area contributed by atoms with Gasteiger partial charge in [-0.05, 0) is 12.1 Å². The Bertz CT molecular complexity index is 452. The lowest BCUT2D eigenvalue weighted by Crippen LogP contribution is -2.20. The van der Waals surface area contributed by atoms with Crippen molar-refractivity contribution in [2.45, 2.75) is 13.1 Å². The zero-order valence-corrected chi connectivity index (χ0v) is 9.93. The van der Waals surface area contributed by atoms with Crippen LogP contribution < -0.4 is 5.32 Å². The summed E-state index contributed by atoms with van der Waals surface area (Å²) >= 11 is 5.98. The van der Waals surface area contributed by atoms with Crippen molar-refractivity contribution in [1.82, 2.24) is 20.3 Å². The Hall–Kier alpha value is -1.59. The molecular formula is C11H13ClN4O. The first-order valence-corrected chi connectivity index (χ1v) is 5.66. The van der Waals surface area contributed by atoms with E-state index in [2.05, 4.69) is 15.6 Å². The van der Waals surface area contributed by atoms with Gasteiger partial charge in [0.2, 0.25) is 0 Å². The molecule has 0 aliphatic heterocycles. The lowest BCUT2D eigenvalue weighted by atomic mass is 10.2. The molecule has 0 spiro atoms. The Morgan fingerprint density at radius 2 is 2.29 bits per heavy atom. The highest BCUT2D eigenvalue weighted by Gasteiger charge is 2.04. The van der Waals surface area contributed by atoms with Crippen LogP contribution in [0, 0.1) is 0 Å². The molecule has 0 aliphatic rings. The minimum atomic E-state index is 0.214. The van der Waals surface area contributed by atoms with E-state index in [9.17, 15) is 5.11 Å². The van der Waals surface area contributed by atoms with Gasteiger partial charge in [0.25, 0.3) is 0 Å². The van der Waals surface area contributed by atoms with Crippen molar-refractivity contribution in [2.24, 2.45) is 0 Å². The number of phenolic OH excluding ortho intramolecular Hbond substituents is 1. The predicted octanol–water partition coefficient (Wildman–Crippen LogP) is 1.43.